The van der Waals surface area contributed by atoms with Gasteiger partial charge in [-0.1, -0.05) is 30.3 Å². The summed E-state index contributed by atoms with van der Waals surface area (Å²) >= 11 is 0. The lowest BCUT2D eigenvalue weighted by Crippen LogP contribution is -2.18. The van der Waals surface area contributed by atoms with Gasteiger partial charge in [-0.05, 0) is 60.0 Å². The van der Waals surface area contributed by atoms with Crippen LogP contribution in [0.4, 0.5) is 13.2 Å². The van der Waals surface area contributed by atoms with Crippen molar-refractivity contribution in [3.8, 4) is 22.9 Å². The number of halogens is 3. The Balaban J connectivity index is 1.80. The molecular weight excluding hydrogens is 389 g/mol. The van der Waals surface area contributed by atoms with E-state index in [2.05, 4.69) is 11.4 Å². The van der Waals surface area contributed by atoms with Crippen LogP contribution in [0.3, 0.4) is 0 Å². The topological polar surface area (TPSA) is 45.0 Å². The fourth-order valence-corrected chi connectivity index (χ4v) is 3.20. The number of ether oxygens (including phenoxy) is 1. The predicted molar refractivity (Wildman–Crippen MR) is 110 cm³/mol. The normalized spacial score (nSPS) is 12.3. The van der Waals surface area contributed by atoms with Gasteiger partial charge in [-0.2, -0.15) is 18.4 Å². The molecule has 3 rings (SSSR count). The number of benzene rings is 3. The van der Waals surface area contributed by atoms with Gasteiger partial charge in [0.15, 0.2) is 0 Å². The van der Waals surface area contributed by atoms with Gasteiger partial charge >= 0.3 is 6.18 Å². The number of methoxy groups -OCH3 is 1. The zero-order chi connectivity index (χ0) is 21.7. The molecule has 0 fully saturated rings. The van der Waals surface area contributed by atoms with E-state index in [1.54, 1.807) is 6.07 Å². The lowest BCUT2D eigenvalue weighted by atomic mass is 10.00. The van der Waals surface area contributed by atoms with Gasteiger partial charge in [0.25, 0.3) is 0 Å². The van der Waals surface area contributed by atoms with Gasteiger partial charge in [-0.15, -0.1) is 0 Å². The van der Waals surface area contributed by atoms with Crippen molar-refractivity contribution in [2.75, 3.05) is 7.11 Å². The average Bonchev–Trinajstić information content (AvgIpc) is 2.76. The lowest BCUT2D eigenvalue weighted by molar-refractivity contribution is -0.137. The summed E-state index contributed by atoms with van der Waals surface area (Å²) in [6.07, 6.45) is -4.37. The van der Waals surface area contributed by atoms with Crippen LogP contribution in [0.1, 0.15) is 35.2 Å². The molecule has 0 amide bonds. The third-order valence-electron chi connectivity index (χ3n) is 4.92. The maximum atomic E-state index is 12.8. The van der Waals surface area contributed by atoms with Crippen LogP contribution in [0.5, 0.6) is 5.75 Å². The van der Waals surface area contributed by atoms with Crippen LogP contribution >= 0.6 is 0 Å². The molecule has 0 spiro atoms. The highest BCUT2D eigenvalue weighted by Gasteiger charge is 2.30. The molecule has 0 heterocycles. The molecule has 154 valence electrons. The van der Waals surface area contributed by atoms with Gasteiger partial charge in [-0.25, -0.2) is 0 Å². The molecule has 3 nitrogen and oxygen atoms in total. The summed E-state index contributed by atoms with van der Waals surface area (Å²) < 4.78 is 43.9. The van der Waals surface area contributed by atoms with Crippen molar-refractivity contribution in [1.29, 1.82) is 5.26 Å². The zero-order valence-electron chi connectivity index (χ0n) is 16.6. The minimum absolute atomic E-state index is 0.0231. The molecule has 0 saturated carbocycles. The zero-order valence-corrected chi connectivity index (χ0v) is 16.6. The van der Waals surface area contributed by atoms with Crippen LogP contribution < -0.4 is 10.1 Å². The third-order valence-corrected chi connectivity index (χ3v) is 4.92. The largest absolute Gasteiger partial charge is 0.496 e. The lowest BCUT2D eigenvalue weighted by Gasteiger charge is -2.16. The highest BCUT2D eigenvalue weighted by molar-refractivity contribution is 5.71. The number of hydrogen-bond donors (Lipinski definition) is 1. The Kier molecular flexibility index (Phi) is 6.43. The van der Waals surface area contributed by atoms with Crippen LogP contribution in [0.15, 0.2) is 66.7 Å². The first-order chi connectivity index (χ1) is 14.3. The number of alkyl halides is 3. The van der Waals surface area contributed by atoms with Crippen molar-refractivity contribution < 1.29 is 17.9 Å². The summed E-state index contributed by atoms with van der Waals surface area (Å²) in [7, 11) is 1.53. The second kappa shape index (κ2) is 9.02. The first-order valence-corrected chi connectivity index (χ1v) is 9.40. The van der Waals surface area contributed by atoms with E-state index in [4.69, 9.17) is 10.00 Å². The smallest absolute Gasteiger partial charge is 0.416 e. The molecular formula is C24H21F3N2O. The standard InChI is InChI=1S/C24H21F3N2O/c1-16(20-5-3-4-17(12-20)14-28)29-15-18-6-11-23(30-2)22(13-18)19-7-9-21(10-8-19)24(25,26)27/h3-13,16,29H,15H2,1-2H3. The van der Waals surface area contributed by atoms with Gasteiger partial charge in [0.2, 0.25) is 0 Å². The minimum Gasteiger partial charge on any atom is -0.496 e. The number of nitrogens with one attached hydrogen (secondary N) is 1. The van der Waals surface area contributed by atoms with Crippen molar-refractivity contribution in [3.63, 3.8) is 0 Å². The highest BCUT2D eigenvalue weighted by atomic mass is 19.4. The molecule has 1 N–H and O–H groups in total. The van der Waals surface area contributed by atoms with Crippen LogP contribution in [-0.4, -0.2) is 7.11 Å². The maximum Gasteiger partial charge on any atom is 0.416 e. The van der Waals surface area contributed by atoms with Crippen LogP contribution in [0.25, 0.3) is 11.1 Å². The highest BCUT2D eigenvalue weighted by Crippen LogP contribution is 2.34. The van der Waals surface area contributed by atoms with Crippen LogP contribution in [0.2, 0.25) is 0 Å². The summed E-state index contributed by atoms with van der Waals surface area (Å²) in [5.41, 5.74) is 3.27. The fourth-order valence-electron chi connectivity index (χ4n) is 3.20. The number of nitriles is 1. The maximum absolute atomic E-state index is 12.8. The van der Waals surface area contributed by atoms with E-state index in [9.17, 15) is 13.2 Å². The monoisotopic (exact) mass is 410 g/mol. The first-order valence-electron chi connectivity index (χ1n) is 9.40. The molecule has 6 heteroatoms. The molecule has 0 aliphatic rings. The fraction of sp³-hybridized carbons (Fsp3) is 0.208. The summed E-state index contributed by atoms with van der Waals surface area (Å²) in [5.74, 6) is 0.591. The number of nitrogens with zero attached hydrogens (tertiary/aromatic N) is 1. The molecule has 0 aliphatic carbocycles. The van der Waals surface area contributed by atoms with E-state index in [-0.39, 0.29) is 6.04 Å². The number of hydrogen-bond acceptors (Lipinski definition) is 3. The Bertz CT molecular complexity index is 1050. The minimum atomic E-state index is -4.37. The van der Waals surface area contributed by atoms with Crippen LogP contribution in [0, 0.1) is 11.3 Å². The molecule has 3 aromatic carbocycles. The summed E-state index contributed by atoms with van der Waals surface area (Å²) in [6, 6.07) is 20.3. The third kappa shape index (κ3) is 5.00. The Morgan fingerprint density at radius 3 is 2.40 bits per heavy atom. The summed E-state index contributed by atoms with van der Waals surface area (Å²) in [6.45, 7) is 2.56. The summed E-state index contributed by atoms with van der Waals surface area (Å²) in [5, 5.41) is 12.5. The van der Waals surface area contributed by atoms with Crippen LogP contribution in [-0.2, 0) is 12.7 Å². The number of rotatable bonds is 6. The van der Waals surface area contributed by atoms with E-state index in [1.807, 2.05) is 43.3 Å². The van der Waals surface area contributed by atoms with Gasteiger partial charge < -0.3 is 10.1 Å². The van der Waals surface area contributed by atoms with E-state index in [1.165, 1.54) is 19.2 Å². The molecule has 0 saturated heterocycles. The Labute approximate surface area is 173 Å². The second-order valence-corrected chi connectivity index (χ2v) is 6.95. The van der Waals surface area contributed by atoms with E-state index in [0.29, 0.717) is 23.4 Å². The second-order valence-electron chi connectivity index (χ2n) is 6.95. The Morgan fingerprint density at radius 2 is 1.77 bits per heavy atom. The quantitative estimate of drug-likeness (QED) is 0.534. The molecule has 0 bridgehead atoms. The molecule has 1 atom stereocenters. The van der Waals surface area contributed by atoms with E-state index in [0.717, 1.165) is 28.8 Å². The first kappa shape index (κ1) is 21.4. The van der Waals surface area contributed by atoms with E-state index < -0.39 is 11.7 Å². The molecule has 30 heavy (non-hydrogen) atoms. The molecule has 0 aliphatic heterocycles. The van der Waals surface area contributed by atoms with Gasteiger partial charge in [0.1, 0.15) is 5.75 Å². The molecule has 0 radical (unpaired) electrons. The van der Waals surface area contributed by atoms with Crippen molar-refractivity contribution in [2.45, 2.75) is 25.7 Å². The van der Waals surface area contributed by atoms with E-state index >= 15 is 0 Å². The average molecular weight is 410 g/mol. The molecule has 0 aromatic heterocycles. The SMILES string of the molecule is COc1ccc(CNC(C)c2cccc(C#N)c2)cc1-c1ccc(C(F)(F)F)cc1. The Hall–Kier alpha value is -3.30. The van der Waals surface area contributed by atoms with Crippen molar-refractivity contribution in [3.05, 3.63) is 89.0 Å². The van der Waals surface area contributed by atoms with Gasteiger partial charge in [-0.3, -0.25) is 0 Å². The predicted octanol–water partition coefficient (Wildman–Crippen LogP) is 6.10. The molecule has 3 aromatic rings. The molecule has 1 unspecified atom stereocenters. The van der Waals surface area contributed by atoms with Gasteiger partial charge in [0.05, 0.1) is 24.3 Å². The van der Waals surface area contributed by atoms with Crippen molar-refractivity contribution in [1.82, 2.24) is 5.32 Å². The van der Waals surface area contributed by atoms with Gasteiger partial charge in [0, 0.05) is 18.2 Å². The Morgan fingerprint density at radius 1 is 1.03 bits per heavy atom. The van der Waals surface area contributed by atoms with Crippen molar-refractivity contribution in [2.24, 2.45) is 0 Å². The van der Waals surface area contributed by atoms with Crippen molar-refractivity contribution >= 4 is 0 Å². The summed E-state index contributed by atoms with van der Waals surface area (Å²) in [4.78, 5) is 0.